The molecule has 38 heavy (non-hydrogen) atoms. The van der Waals surface area contributed by atoms with Gasteiger partial charge in [-0.3, -0.25) is 14.9 Å². The quantitative estimate of drug-likeness (QED) is 0.173. The Labute approximate surface area is 223 Å². The number of carbonyl (C=O) groups excluding carboxylic acids is 1. The molecule has 0 spiro atoms. The standard InChI is InChI=1S/C30H23N3O4S/c1-37-25-18-14-23(15-19-25)28-27(22-12-16-24(17-13-22)33(35)36)31-30(38-28)32-29(34)26(20-8-4-2-5-9-20)21-10-6-3-7-11-21/h2-19,26H,1H3,(H,31,32,34). The van der Waals surface area contributed by atoms with Crippen LogP contribution in [0.25, 0.3) is 21.7 Å². The van der Waals surface area contributed by atoms with Gasteiger partial charge in [0.1, 0.15) is 5.75 Å². The van der Waals surface area contributed by atoms with Crippen molar-refractivity contribution in [1.82, 2.24) is 4.98 Å². The molecule has 0 aliphatic heterocycles. The molecule has 0 radical (unpaired) electrons. The second-order valence-electron chi connectivity index (χ2n) is 8.47. The molecule has 8 heteroatoms. The van der Waals surface area contributed by atoms with Gasteiger partial charge >= 0.3 is 0 Å². The molecule has 0 bridgehead atoms. The van der Waals surface area contributed by atoms with E-state index in [0.717, 1.165) is 27.3 Å². The first-order valence-corrected chi connectivity index (χ1v) is 12.7. The Balaban J connectivity index is 1.54. The Morgan fingerprint density at radius 3 is 1.92 bits per heavy atom. The smallest absolute Gasteiger partial charge is 0.269 e. The van der Waals surface area contributed by atoms with Crippen LogP contribution in [-0.2, 0) is 4.79 Å². The molecule has 7 nitrogen and oxygen atoms in total. The number of benzene rings is 4. The molecule has 1 N–H and O–H groups in total. The predicted molar refractivity (Wildman–Crippen MR) is 150 cm³/mol. The lowest BCUT2D eigenvalue weighted by molar-refractivity contribution is -0.384. The van der Waals surface area contributed by atoms with Crippen molar-refractivity contribution in [3.63, 3.8) is 0 Å². The summed E-state index contributed by atoms with van der Waals surface area (Å²) in [5, 5.41) is 14.6. The van der Waals surface area contributed by atoms with Crippen LogP contribution in [0.1, 0.15) is 17.0 Å². The average Bonchev–Trinajstić information content (AvgIpc) is 3.38. The predicted octanol–water partition coefficient (Wildman–Crippen LogP) is 7.16. The van der Waals surface area contributed by atoms with Gasteiger partial charge in [0.2, 0.25) is 5.91 Å². The number of carbonyl (C=O) groups is 1. The molecule has 1 amide bonds. The lowest BCUT2D eigenvalue weighted by Gasteiger charge is -2.17. The van der Waals surface area contributed by atoms with Gasteiger partial charge in [-0.1, -0.05) is 72.0 Å². The maximum Gasteiger partial charge on any atom is 0.269 e. The van der Waals surface area contributed by atoms with E-state index < -0.39 is 10.8 Å². The summed E-state index contributed by atoms with van der Waals surface area (Å²) in [6.07, 6.45) is 0. The maximum absolute atomic E-state index is 13.7. The summed E-state index contributed by atoms with van der Waals surface area (Å²) < 4.78 is 5.29. The number of nitrogens with zero attached hydrogens (tertiary/aromatic N) is 2. The van der Waals surface area contributed by atoms with Crippen molar-refractivity contribution in [1.29, 1.82) is 0 Å². The summed E-state index contributed by atoms with van der Waals surface area (Å²) in [5.74, 6) is -0.00140. The fraction of sp³-hybridized carbons (Fsp3) is 0.0667. The Morgan fingerprint density at radius 1 is 0.842 bits per heavy atom. The zero-order chi connectivity index (χ0) is 26.5. The van der Waals surface area contributed by atoms with Crippen LogP contribution in [0.2, 0.25) is 0 Å². The van der Waals surface area contributed by atoms with Gasteiger partial charge in [-0.2, -0.15) is 0 Å². The van der Waals surface area contributed by atoms with E-state index in [2.05, 4.69) is 5.32 Å². The van der Waals surface area contributed by atoms with E-state index in [1.807, 2.05) is 84.9 Å². The summed E-state index contributed by atoms with van der Waals surface area (Å²) >= 11 is 1.35. The van der Waals surface area contributed by atoms with Crippen molar-refractivity contribution >= 4 is 28.1 Å². The number of thiazole rings is 1. The fourth-order valence-corrected chi connectivity index (χ4v) is 5.21. The third kappa shape index (κ3) is 5.30. The highest BCUT2D eigenvalue weighted by Crippen LogP contribution is 2.40. The minimum atomic E-state index is -0.520. The molecular formula is C30H23N3O4S. The number of nitro benzene ring substituents is 1. The summed E-state index contributed by atoms with van der Waals surface area (Å²) in [6.45, 7) is 0. The second-order valence-corrected chi connectivity index (χ2v) is 9.47. The van der Waals surface area contributed by atoms with E-state index >= 15 is 0 Å². The lowest BCUT2D eigenvalue weighted by atomic mass is 9.90. The number of aromatic nitrogens is 1. The Hall–Kier alpha value is -4.82. The van der Waals surface area contributed by atoms with Crippen LogP contribution in [0.5, 0.6) is 5.75 Å². The van der Waals surface area contributed by atoms with E-state index in [0.29, 0.717) is 16.4 Å². The Morgan fingerprint density at radius 2 is 1.39 bits per heavy atom. The number of anilines is 1. The number of nitro groups is 1. The monoisotopic (exact) mass is 521 g/mol. The van der Waals surface area contributed by atoms with Crippen LogP contribution in [0.3, 0.4) is 0 Å². The number of hydrogen-bond donors (Lipinski definition) is 1. The van der Waals surface area contributed by atoms with E-state index in [-0.39, 0.29) is 11.6 Å². The maximum atomic E-state index is 13.7. The molecule has 0 unspecified atom stereocenters. The summed E-state index contributed by atoms with van der Waals surface area (Å²) in [5.41, 5.74) is 3.97. The number of amides is 1. The second kappa shape index (κ2) is 11.1. The zero-order valence-electron chi connectivity index (χ0n) is 20.4. The van der Waals surface area contributed by atoms with Crippen LogP contribution < -0.4 is 10.1 Å². The van der Waals surface area contributed by atoms with Crippen molar-refractivity contribution in [2.45, 2.75) is 5.92 Å². The van der Waals surface area contributed by atoms with Crippen molar-refractivity contribution in [2.75, 3.05) is 12.4 Å². The number of non-ortho nitro benzene ring substituents is 1. The summed E-state index contributed by atoms with van der Waals surface area (Å²) in [6, 6.07) is 33.0. The molecule has 0 aliphatic rings. The van der Waals surface area contributed by atoms with Crippen molar-refractivity contribution in [3.05, 3.63) is 130 Å². The minimum Gasteiger partial charge on any atom is -0.497 e. The van der Waals surface area contributed by atoms with Gasteiger partial charge < -0.3 is 10.1 Å². The number of ether oxygens (including phenoxy) is 1. The van der Waals surface area contributed by atoms with Crippen molar-refractivity contribution in [2.24, 2.45) is 0 Å². The van der Waals surface area contributed by atoms with Crippen LogP contribution >= 0.6 is 11.3 Å². The van der Waals surface area contributed by atoms with Gasteiger partial charge in [0, 0.05) is 17.7 Å². The third-order valence-corrected chi connectivity index (χ3v) is 7.11. The van der Waals surface area contributed by atoms with Crippen LogP contribution in [0.4, 0.5) is 10.8 Å². The average molecular weight is 522 g/mol. The molecular weight excluding hydrogens is 498 g/mol. The molecule has 5 aromatic rings. The fourth-order valence-electron chi connectivity index (χ4n) is 4.21. The minimum absolute atomic E-state index is 0.00272. The molecule has 0 saturated carbocycles. The van der Waals surface area contributed by atoms with Crippen LogP contribution in [0, 0.1) is 10.1 Å². The molecule has 4 aromatic carbocycles. The first-order chi connectivity index (χ1) is 18.5. The highest BCUT2D eigenvalue weighted by atomic mass is 32.1. The van der Waals surface area contributed by atoms with Gasteiger partial charge in [0.05, 0.1) is 28.5 Å². The molecule has 5 rings (SSSR count). The van der Waals surface area contributed by atoms with Crippen LogP contribution in [0.15, 0.2) is 109 Å². The van der Waals surface area contributed by atoms with Gasteiger partial charge in [0.25, 0.3) is 5.69 Å². The Kier molecular flexibility index (Phi) is 7.24. The zero-order valence-corrected chi connectivity index (χ0v) is 21.2. The van der Waals surface area contributed by atoms with E-state index in [1.165, 1.54) is 23.5 Å². The van der Waals surface area contributed by atoms with Crippen molar-refractivity contribution in [3.8, 4) is 27.4 Å². The van der Waals surface area contributed by atoms with E-state index in [1.54, 1.807) is 19.2 Å². The molecule has 0 aliphatic carbocycles. The van der Waals surface area contributed by atoms with Crippen LogP contribution in [-0.4, -0.2) is 22.9 Å². The third-order valence-electron chi connectivity index (χ3n) is 6.09. The molecule has 0 fully saturated rings. The summed E-state index contributed by atoms with van der Waals surface area (Å²) in [7, 11) is 1.60. The number of hydrogen-bond acceptors (Lipinski definition) is 6. The Bertz CT molecular complexity index is 1510. The highest BCUT2D eigenvalue weighted by molar-refractivity contribution is 7.19. The summed E-state index contributed by atoms with van der Waals surface area (Å²) in [4.78, 5) is 30.0. The molecule has 1 aromatic heterocycles. The lowest BCUT2D eigenvalue weighted by Crippen LogP contribution is -2.22. The number of nitrogens with one attached hydrogen (secondary N) is 1. The molecule has 0 atom stereocenters. The van der Waals surface area contributed by atoms with Gasteiger partial charge in [-0.15, -0.1) is 0 Å². The van der Waals surface area contributed by atoms with Gasteiger partial charge in [0.15, 0.2) is 5.13 Å². The number of methoxy groups -OCH3 is 1. The van der Waals surface area contributed by atoms with E-state index in [9.17, 15) is 14.9 Å². The molecule has 0 saturated heterocycles. The van der Waals surface area contributed by atoms with E-state index in [4.69, 9.17) is 9.72 Å². The van der Waals surface area contributed by atoms with Gasteiger partial charge in [-0.05, 0) is 53.1 Å². The normalized spacial score (nSPS) is 10.8. The molecule has 1 heterocycles. The first-order valence-electron chi connectivity index (χ1n) is 11.8. The topological polar surface area (TPSA) is 94.4 Å². The first kappa shape index (κ1) is 24.9. The highest BCUT2D eigenvalue weighted by Gasteiger charge is 2.25. The number of rotatable bonds is 8. The van der Waals surface area contributed by atoms with Gasteiger partial charge in [-0.25, -0.2) is 4.98 Å². The molecule has 188 valence electrons. The largest absolute Gasteiger partial charge is 0.497 e. The van der Waals surface area contributed by atoms with Crippen molar-refractivity contribution < 1.29 is 14.5 Å². The SMILES string of the molecule is COc1ccc(-c2sc(NC(=O)C(c3ccccc3)c3ccccc3)nc2-c2ccc([N+](=O)[O-])cc2)cc1.